The van der Waals surface area contributed by atoms with E-state index in [0.29, 0.717) is 25.9 Å². The highest BCUT2D eigenvalue weighted by molar-refractivity contribution is 5.77. The zero-order chi connectivity index (χ0) is 14.1. The van der Waals surface area contributed by atoms with Crippen LogP contribution in [0.3, 0.4) is 0 Å². The lowest BCUT2D eigenvalue weighted by Gasteiger charge is -2.14. The molecule has 0 bridgehead atoms. The number of hydrogen-bond donors (Lipinski definition) is 1. The molecule has 4 nitrogen and oxygen atoms in total. The van der Waals surface area contributed by atoms with Crippen molar-refractivity contribution < 1.29 is 14.3 Å². The Morgan fingerprint density at radius 3 is 2.53 bits per heavy atom. The number of amides is 1. The van der Waals surface area contributed by atoms with Crippen molar-refractivity contribution in [1.29, 1.82) is 0 Å². The van der Waals surface area contributed by atoms with Gasteiger partial charge in [-0.25, -0.2) is 0 Å². The summed E-state index contributed by atoms with van der Waals surface area (Å²) in [6, 6.07) is 9.76. The van der Waals surface area contributed by atoms with Gasteiger partial charge in [-0.2, -0.15) is 0 Å². The molecular formula is C15H21NO3. The summed E-state index contributed by atoms with van der Waals surface area (Å²) < 4.78 is 4.80. The third-order valence-electron chi connectivity index (χ3n) is 2.77. The fourth-order valence-electron chi connectivity index (χ4n) is 1.77. The highest BCUT2D eigenvalue weighted by Gasteiger charge is 2.10. The van der Waals surface area contributed by atoms with E-state index in [1.807, 2.05) is 37.3 Å². The minimum Gasteiger partial charge on any atom is -0.466 e. The van der Waals surface area contributed by atoms with Gasteiger partial charge < -0.3 is 10.1 Å². The smallest absolute Gasteiger partial charge is 0.305 e. The second-order valence-corrected chi connectivity index (χ2v) is 4.36. The van der Waals surface area contributed by atoms with Crippen molar-refractivity contribution in [3.63, 3.8) is 0 Å². The SMILES string of the molecule is CCOC(=O)CCCC(=O)NC(C)c1ccccc1. The van der Waals surface area contributed by atoms with E-state index in [2.05, 4.69) is 5.32 Å². The molecule has 4 heteroatoms. The maximum Gasteiger partial charge on any atom is 0.305 e. The van der Waals surface area contributed by atoms with Crippen molar-refractivity contribution in [2.24, 2.45) is 0 Å². The van der Waals surface area contributed by atoms with E-state index in [9.17, 15) is 9.59 Å². The minimum absolute atomic E-state index is 0.0173. The Hall–Kier alpha value is -1.84. The molecule has 19 heavy (non-hydrogen) atoms. The third kappa shape index (κ3) is 6.04. The fraction of sp³-hybridized carbons (Fsp3) is 0.467. The highest BCUT2D eigenvalue weighted by atomic mass is 16.5. The van der Waals surface area contributed by atoms with E-state index < -0.39 is 0 Å². The largest absolute Gasteiger partial charge is 0.466 e. The molecule has 1 atom stereocenters. The summed E-state index contributed by atoms with van der Waals surface area (Å²) in [4.78, 5) is 22.8. The predicted octanol–water partition coefficient (Wildman–Crippen LogP) is 2.60. The van der Waals surface area contributed by atoms with Crippen LogP contribution in [0.5, 0.6) is 0 Å². The van der Waals surface area contributed by atoms with Crippen LogP contribution in [0.25, 0.3) is 0 Å². The molecule has 0 fully saturated rings. The molecule has 0 aliphatic rings. The number of carbonyl (C=O) groups excluding carboxylic acids is 2. The topological polar surface area (TPSA) is 55.4 Å². The van der Waals surface area contributed by atoms with Gasteiger partial charge in [0.05, 0.1) is 12.6 Å². The van der Waals surface area contributed by atoms with Gasteiger partial charge in [-0.05, 0) is 25.8 Å². The molecule has 1 amide bonds. The van der Waals surface area contributed by atoms with E-state index >= 15 is 0 Å². The van der Waals surface area contributed by atoms with Crippen molar-refractivity contribution in [3.8, 4) is 0 Å². The molecule has 0 saturated heterocycles. The molecule has 0 aromatic heterocycles. The molecule has 0 aliphatic carbocycles. The van der Waals surface area contributed by atoms with Crippen LogP contribution >= 0.6 is 0 Å². The molecule has 0 aliphatic heterocycles. The normalized spacial score (nSPS) is 11.7. The van der Waals surface area contributed by atoms with Crippen LogP contribution in [0.15, 0.2) is 30.3 Å². The predicted molar refractivity (Wildman–Crippen MR) is 73.5 cm³/mol. The van der Waals surface area contributed by atoms with Gasteiger partial charge in [0.25, 0.3) is 0 Å². The first-order valence-corrected chi connectivity index (χ1v) is 6.63. The number of carbonyl (C=O) groups is 2. The molecular weight excluding hydrogens is 242 g/mol. The molecule has 1 aromatic rings. The van der Waals surface area contributed by atoms with E-state index in [1.54, 1.807) is 6.92 Å². The van der Waals surface area contributed by atoms with E-state index in [1.165, 1.54) is 0 Å². The summed E-state index contributed by atoms with van der Waals surface area (Å²) in [7, 11) is 0. The molecule has 1 unspecified atom stereocenters. The van der Waals surface area contributed by atoms with Gasteiger partial charge in [-0.15, -0.1) is 0 Å². The maximum absolute atomic E-state index is 11.7. The zero-order valence-corrected chi connectivity index (χ0v) is 11.5. The van der Waals surface area contributed by atoms with Crippen LogP contribution in [-0.4, -0.2) is 18.5 Å². The minimum atomic E-state index is -0.244. The standard InChI is InChI=1S/C15H21NO3/c1-3-19-15(18)11-7-10-14(17)16-12(2)13-8-5-4-6-9-13/h4-6,8-9,12H,3,7,10-11H2,1-2H3,(H,16,17). The molecule has 1 rings (SSSR count). The summed E-state index contributed by atoms with van der Waals surface area (Å²) >= 11 is 0. The number of rotatable bonds is 7. The Labute approximate surface area is 114 Å². The van der Waals surface area contributed by atoms with E-state index in [4.69, 9.17) is 4.74 Å². The summed E-state index contributed by atoms with van der Waals surface area (Å²) in [5, 5.41) is 2.91. The van der Waals surface area contributed by atoms with Crippen molar-refractivity contribution in [2.45, 2.75) is 39.2 Å². The van der Waals surface area contributed by atoms with Crippen LogP contribution in [-0.2, 0) is 14.3 Å². The number of hydrogen-bond acceptors (Lipinski definition) is 3. The first kappa shape index (κ1) is 15.2. The lowest BCUT2D eigenvalue weighted by atomic mass is 10.1. The quantitative estimate of drug-likeness (QED) is 0.769. The fourth-order valence-corrected chi connectivity index (χ4v) is 1.77. The van der Waals surface area contributed by atoms with Crippen molar-refractivity contribution >= 4 is 11.9 Å². The van der Waals surface area contributed by atoms with E-state index in [0.717, 1.165) is 5.56 Å². The Bertz CT molecular complexity index is 403. The monoisotopic (exact) mass is 263 g/mol. The van der Waals surface area contributed by atoms with Crippen molar-refractivity contribution in [3.05, 3.63) is 35.9 Å². The van der Waals surface area contributed by atoms with Gasteiger partial charge in [0.1, 0.15) is 0 Å². The van der Waals surface area contributed by atoms with Gasteiger partial charge in [0, 0.05) is 12.8 Å². The van der Waals surface area contributed by atoms with Crippen LogP contribution in [0, 0.1) is 0 Å². The Morgan fingerprint density at radius 1 is 1.21 bits per heavy atom. The number of esters is 1. The summed E-state index contributed by atoms with van der Waals surface area (Å²) in [6.07, 6.45) is 1.16. The second kappa shape index (κ2) is 8.29. The van der Waals surface area contributed by atoms with Gasteiger partial charge in [-0.1, -0.05) is 30.3 Å². The van der Waals surface area contributed by atoms with Crippen LogP contribution < -0.4 is 5.32 Å². The number of ether oxygens (including phenoxy) is 1. The Kier molecular flexibility index (Phi) is 6.64. The van der Waals surface area contributed by atoms with Gasteiger partial charge in [0.2, 0.25) is 5.91 Å². The lowest BCUT2D eigenvalue weighted by molar-refractivity contribution is -0.143. The molecule has 1 aromatic carbocycles. The Balaban J connectivity index is 2.26. The lowest BCUT2D eigenvalue weighted by Crippen LogP contribution is -2.26. The number of benzene rings is 1. The van der Waals surface area contributed by atoms with Gasteiger partial charge >= 0.3 is 5.97 Å². The molecule has 0 radical (unpaired) electrons. The van der Waals surface area contributed by atoms with E-state index in [-0.39, 0.29) is 17.9 Å². The van der Waals surface area contributed by atoms with Crippen molar-refractivity contribution in [2.75, 3.05) is 6.61 Å². The maximum atomic E-state index is 11.7. The van der Waals surface area contributed by atoms with Crippen LogP contribution in [0.4, 0.5) is 0 Å². The molecule has 0 saturated carbocycles. The highest BCUT2D eigenvalue weighted by Crippen LogP contribution is 2.11. The van der Waals surface area contributed by atoms with Gasteiger partial charge in [-0.3, -0.25) is 9.59 Å². The van der Waals surface area contributed by atoms with Gasteiger partial charge in [0.15, 0.2) is 0 Å². The summed E-state index contributed by atoms with van der Waals surface area (Å²) in [5.74, 6) is -0.285. The Morgan fingerprint density at radius 2 is 1.89 bits per heavy atom. The molecule has 104 valence electrons. The number of nitrogens with one attached hydrogen (secondary N) is 1. The molecule has 0 heterocycles. The molecule has 0 spiro atoms. The molecule has 1 N–H and O–H groups in total. The van der Waals surface area contributed by atoms with Crippen molar-refractivity contribution in [1.82, 2.24) is 5.32 Å². The first-order valence-electron chi connectivity index (χ1n) is 6.63. The summed E-state index contributed by atoms with van der Waals surface area (Å²) in [5.41, 5.74) is 1.07. The zero-order valence-electron chi connectivity index (χ0n) is 11.5. The van der Waals surface area contributed by atoms with Crippen LogP contribution in [0.2, 0.25) is 0 Å². The third-order valence-corrected chi connectivity index (χ3v) is 2.77. The first-order chi connectivity index (χ1) is 9.13. The van der Waals surface area contributed by atoms with Crippen LogP contribution in [0.1, 0.15) is 44.7 Å². The summed E-state index contributed by atoms with van der Waals surface area (Å²) in [6.45, 7) is 4.10. The second-order valence-electron chi connectivity index (χ2n) is 4.36. The average molecular weight is 263 g/mol. The average Bonchev–Trinajstić information content (AvgIpc) is 2.40.